The normalized spacial score (nSPS) is 15.3. The number of rotatable bonds is 1. The molecule has 2 heterocycles. The van der Waals surface area contributed by atoms with E-state index in [1.165, 1.54) is 18.5 Å². The summed E-state index contributed by atoms with van der Waals surface area (Å²) in [5.74, 6) is -0.391. The van der Waals surface area contributed by atoms with Crippen molar-refractivity contribution >= 4 is 23.5 Å². The molecule has 0 aliphatic carbocycles. The van der Waals surface area contributed by atoms with E-state index < -0.39 is 5.91 Å². The Morgan fingerprint density at radius 1 is 1.60 bits per heavy atom. The Morgan fingerprint density at radius 2 is 2.40 bits per heavy atom. The van der Waals surface area contributed by atoms with E-state index in [0.29, 0.717) is 18.7 Å². The van der Waals surface area contributed by atoms with Crippen molar-refractivity contribution in [1.29, 1.82) is 0 Å². The fourth-order valence-corrected chi connectivity index (χ4v) is 1.56. The van der Waals surface area contributed by atoms with Gasteiger partial charge in [0.05, 0.1) is 10.6 Å². The molecule has 0 unspecified atom stereocenters. The van der Waals surface area contributed by atoms with Gasteiger partial charge in [-0.2, -0.15) is 0 Å². The number of pyridine rings is 1. The Bertz CT molecular complexity index is 422. The van der Waals surface area contributed by atoms with Gasteiger partial charge in [-0.25, -0.2) is 4.79 Å². The minimum atomic E-state index is -0.391. The van der Waals surface area contributed by atoms with E-state index in [1.807, 2.05) is 0 Å². The van der Waals surface area contributed by atoms with Gasteiger partial charge in [-0.15, -0.1) is 0 Å². The number of halogens is 1. The molecule has 1 N–H and O–H groups in total. The maximum Gasteiger partial charge on any atom is 0.324 e. The first-order valence-electron chi connectivity index (χ1n) is 4.39. The maximum atomic E-state index is 11.8. The van der Waals surface area contributed by atoms with Gasteiger partial charge in [0.1, 0.15) is 0 Å². The molecular formula is C9H8ClN3O2. The summed E-state index contributed by atoms with van der Waals surface area (Å²) in [6.07, 6.45) is 2.84. The van der Waals surface area contributed by atoms with Crippen molar-refractivity contribution in [3.8, 4) is 0 Å². The zero-order valence-corrected chi connectivity index (χ0v) is 8.49. The summed E-state index contributed by atoms with van der Waals surface area (Å²) in [6, 6.07) is 1.11. The Morgan fingerprint density at radius 3 is 3.00 bits per heavy atom. The lowest BCUT2D eigenvalue weighted by Gasteiger charge is -2.12. The molecular weight excluding hydrogens is 218 g/mol. The van der Waals surface area contributed by atoms with Crippen LogP contribution in [-0.4, -0.2) is 34.9 Å². The lowest BCUT2D eigenvalue weighted by Crippen LogP contribution is -2.34. The number of imide groups is 1. The number of carbonyl (C=O) groups is 2. The number of aromatic nitrogens is 1. The summed E-state index contributed by atoms with van der Waals surface area (Å²) in [5, 5.41) is 2.80. The summed E-state index contributed by atoms with van der Waals surface area (Å²) in [6.45, 7) is 0.851. The minimum absolute atomic E-state index is 0.252. The monoisotopic (exact) mass is 225 g/mol. The van der Waals surface area contributed by atoms with E-state index >= 15 is 0 Å². The molecule has 0 aromatic carbocycles. The summed E-state index contributed by atoms with van der Waals surface area (Å²) in [4.78, 5) is 28.0. The van der Waals surface area contributed by atoms with Gasteiger partial charge in [0.15, 0.2) is 0 Å². The Labute approximate surface area is 91.0 Å². The number of hydrogen-bond acceptors (Lipinski definition) is 3. The highest BCUT2D eigenvalue weighted by Gasteiger charge is 2.28. The molecule has 1 fully saturated rings. The number of amides is 3. The van der Waals surface area contributed by atoms with Gasteiger partial charge < -0.3 is 5.32 Å². The molecule has 0 radical (unpaired) electrons. The van der Waals surface area contributed by atoms with Crippen LogP contribution in [-0.2, 0) is 0 Å². The molecule has 3 amide bonds. The number of hydrogen-bond donors (Lipinski definition) is 1. The molecule has 1 aliphatic rings. The molecule has 0 spiro atoms. The van der Waals surface area contributed by atoms with Crippen molar-refractivity contribution in [2.45, 2.75) is 0 Å². The molecule has 6 heteroatoms. The lowest BCUT2D eigenvalue weighted by molar-refractivity contribution is 0.0829. The van der Waals surface area contributed by atoms with Crippen LogP contribution in [0.1, 0.15) is 10.4 Å². The van der Waals surface area contributed by atoms with E-state index in [-0.39, 0.29) is 11.1 Å². The van der Waals surface area contributed by atoms with E-state index in [0.717, 1.165) is 4.90 Å². The predicted molar refractivity (Wildman–Crippen MR) is 53.7 cm³/mol. The summed E-state index contributed by atoms with van der Waals surface area (Å²) < 4.78 is 0. The summed E-state index contributed by atoms with van der Waals surface area (Å²) >= 11 is 5.80. The van der Waals surface area contributed by atoms with Crippen molar-refractivity contribution in [2.24, 2.45) is 0 Å². The quantitative estimate of drug-likeness (QED) is 0.773. The van der Waals surface area contributed by atoms with Gasteiger partial charge in [-0.1, -0.05) is 11.6 Å². The number of nitrogens with one attached hydrogen (secondary N) is 1. The fraction of sp³-hybridized carbons (Fsp3) is 0.222. The molecule has 1 aliphatic heterocycles. The standard InChI is InChI=1S/C9H8ClN3O2/c10-7-5-11-2-1-6(7)8(14)13-4-3-12-9(13)15/h1-2,5H,3-4H2,(H,12,15). The summed E-state index contributed by atoms with van der Waals surface area (Å²) in [5.41, 5.74) is 0.295. The highest BCUT2D eigenvalue weighted by Crippen LogP contribution is 2.16. The van der Waals surface area contributed by atoms with Gasteiger partial charge in [0.2, 0.25) is 0 Å². The SMILES string of the molecule is O=C1NCCN1C(=O)c1ccncc1Cl. The van der Waals surface area contributed by atoms with Crippen LogP contribution in [0.3, 0.4) is 0 Å². The first kappa shape index (κ1) is 9.92. The van der Waals surface area contributed by atoms with Crippen molar-refractivity contribution in [3.63, 3.8) is 0 Å². The van der Waals surface area contributed by atoms with Crippen LogP contribution >= 0.6 is 11.6 Å². The third-order valence-electron chi connectivity index (χ3n) is 2.10. The number of carbonyl (C=O) groups excluding carboxylic acids is 2. The molecule has 15 heavy (non-hydrogen) atoms. The van der Waals surface area contributed by atoms with Crippen molar-refractivity contribution < 1.29 is 9.59 Å². The van der Waals surface area contributed by atoms with Crippen LogP contribution < -0.4 is 5.32 Å². The molecule has 0 saturated carbocycles. The molecule has 1 aromatic heterocycles. The third kappa shape index (κ3) is 1.78. The highest BCUT2D eigenvalue weighted by molar-refractivity contribution is 6.34. The zero-order valence-electron chi connectivity index (χ0n) is 7.74. The van der Waals surface area contributed by atoms with Gasteiger partial charge >= 0.3 is 6.03 Å². The maximum absolute atomic E-state index is 11.8. The van der Waals surface area contributed by atoms with Crippen LogP contribution in [0.15, 0.2) is 18.5 Å². The third-order valence-corrected chi connectivity index (χ3v) is 2.41. The molecule has 1 aromatic rings. The molecule has 78 valence electrons. The second kappa shape index (κ2) is 3.86. The minimum Gasteiger partial charge on any atom is -0.336 e. The van der Waals surface area contributed by atoms with Crippen molar-refractivity contribution in [1.82, 2.24) is 15.2 Å². The second-order valence-corrected chi connectivity index (χ2v) is 3.45. The molecule has 0 bridgehead atoms. The van der Waals surface area contributed by atoms with Crippen LogP contribution in [0, 0.1) is 0 Å². The molecule has 2 rings (SSSR count). The van der Waals surface area contributed by atoms with Gasteiger partial charge in [0, 0.05) is 25.5 Å². The average Bonchev–Trinajstić information content (AvgIpc) is 2.64. The van der Waals surface area contributed by atoms with E-state index in [1.54, 1.807) is 0 Å². The number of nitrogens with zero attached hydrogens (tertiary/aromatic N) is 2. The molecule has 1 saturated heterocycles. The first-order chi connectivity index (χ1) is 7.20. The Balaban J connectivity index is 2.28. The highest BCUT2D eigenvalue weighted by atomic mass is 35.5. The first-order valence-corrected chi connectivity index (χ1v) is 4.77. The van der Waals surface area contributed by atoms with Crippen LogP contribution in [0.25, 0.3) is 0 Å². The molecule has 0 atom stereocenters. The van der Waals surface area contributed by atoms with Crippen molar-refractivity contribution in [3.05, 3.63) is 29.0 Å². The zero-order chi connectivity index (χ0) is 10.8. The topological polar surface area (TPSA) is 62.3 Å². The van der Waals surface area contributed by atoms with E-state index in [2.05, 4.69) is 10.3 Å². The Kier molecular flexibility index (Phi) is 2.55. The summed E-state index contributed by atoms with van der Waals surface area (Å²) in [7, 11) is 0. The average molecular weight is 226 g/mol. The van der Waals surface area contributed by atoms with Crippen LogP contribution in [0.4, 0.5) is 4.79 Å². The van der Waals surface area contributed by atoms with Gasteiger partial charge in [-0.3, -0.25) is 14.7 Å². The largest absolute Gasteiger partial charge is 0.336 e. The van der Waals surface area contributed by atoms with Crippen LogP contribution in [0.2, 0.25) is 5.02 Å². The van der Waals surface area contributed by atoms with Crippen molar-refractivity contribution in [2.75, 3.05) is 13.1 Å². The van der Waals surface area contributed by atoms with E-state index in [4.69, 9.17) is 11.6 Å². The second-order valence-electron chi connectivity index (χ2n) is 3.04. The lowest BCUT2D eigenvalue weighted by atomic mass is 10.2. The van der Waals surface area contributed by atoms with E-state index in [9.17, 15) is 9.59 Å². The van der Waals surface area contributed by atoms with Crippen LogP contribution in [0.5, 0.6) is 0 Å². The predicted octanol–water partition coefficient (Wildman–Crippen LogP) is 0.900. The molecule has 5 nitrogen and oxygen atoms in total. The Hall–Kier alpha value is -1.62. The smallest absolute Gasteiger partial charge is 0.324 e. The van der Waals surface area contributed by atoms with Gasteiger partial charge in [-0.05, 0) is 6.07 Å². The van der Waals surface area contributed by atoms with Gasteiger partial charge in [0.25, 0.3) is 5.91 Å². The fourth-order valence-electron chi connectivity index (χ4n) is 1.36. The number of urea groups is 1.